The second kappa shape index (κ2) is 5.53. The van der Waals surface area contributed by atoms with Gasteiger partial charge in [0, 0.05) is 5.56 Å². The van der Waals surface area contributed by atoms with E-state index in [4.69, 9.17) is 4.74 Å². The van der Waals surface area contributed by atoms with Gasteiger partial charge in [-0.3, -0.25) is 0 Å². The van der Waals surface area contributed by atoms with Gasteiger partial charge in [0.2, 0.25) is 5.90 Å². The lowest BCUT2D eigenvalue weighted by Gasteiger charge is -2.23. The summed E-state index contributed by atoms with van der Waals surface area (Å²) in [6.45, 7) is 3.85. The molecule has 0 radical (unpaired) electrons. The number of rotatable bonds is 3. The maximum absolute atomic E-state index is 5.60. The quantitative estimate of drug-likeness (QED) is 0.882. The maximum atomic E-state index is 5.60. The monoisotopic (exact) mass is 244 g/mol. The fourth-order valence-electron chi connectivity index (χ4n) is 2.81. The van der Waals surface area contributed by atoms with Crippen LogP contribution < -0.4 is 5.32 Å². The third-order valence-corrected chi connectivity index (χ3v) is 3.74. The zero-order valence-corrected chi connectivity index (χ0v) is 10.7. The minimum absolute atomic E-state index is 0.731. The highest BCUT2D eigenvalue weighted by Crippen LogP contribution is 2.21. The first-order valence-corrected chi connectivity index (χ1v) is 6.90. The van der Waals surface area contributed by atoms with Gasteiger partial charge in [0.1, 0.15) is 6.61 Å². The smallest absolute Gasteiger partial charge is 0.216 e. The highest BCUT2D eigenvalue weighted by molar-refractivity contribution is 5.96. The molecule has 0 amide bonds. The summed E-state index contributed by atoms with van der Waals surface area (Å²) in [6, 6.07) is 8.54. The lowest BCUT2D eigenvalue weighted by Crippen LogP contribution is -2.31. The Labute approximate surface area is 108 Å². The molecule has 0 saturated carbocycles. The third-order valence-electron chi connectivity index (χ3n) is 3.74. The summed E-state index contributed by atoms with van der Waals surface area (Å²) < 4.78 is 5.60. The largest absolute Gasteiger partial charge is 0.476 e. The zero-order chi connectivity index (χ0) is 12.2. The van der Waals surface area contributed by atoms with E-state index < -0.39 is 0 Å². The first kappa shape index (κ1) is 11.7. The summed E-state index contributed by atoms with van der Waals surface area (Å²) in [5, 5.41) is 3.48. The molecule has 96 valence electrons. The first-order valence-electron chi connectivity index (χ1n) is 6.90. The fourth-order valence-corrected chi connectivity index (χ4v) is 2.81. The summed E-state index contributed by atoms with van der Waals surface area (Å²) >= 11 is 0. The van der Waals surface area contributed by atoms with Crippen LogP contribution in [0.25, 0.3) is 0 Å². The van der Waals surface area contributed by atoms with Crippen molar-refractivity contribution in [2.75, 3.05) is 26.2 Å². The second-order valence-corrected chi connectivity index (χ2v) is 5.11. The molecule has 1 atom stereocenters. The Balaban J connectivity index is 1.78. The third kappa shape index (κ3) is 2.56. The van der Waals surface area contributed by atoms with Crippen molar-refractivity contribution in [3.63, 3.8) is 0 Å². The average Bonchev–Trinajstić information content (AvgIpc) is 2.94. The number of hydrogen-bond acceptors (Lipinski definition) is 3. The van der Waals surface area contributed by atoms with Crippen molar-refractivity contribution in [3.05, 3.63) is 35.4 Å². The van der Waals surface area contributed by atoms with Crippen molar-refractivity contribution in [2.45, 2.75) is 19.3 Å². The number of nitrogens with zero attached hydrogens (tertiary/aromatic N) is 1. The highest BCUT2D eigenvalue weighted by Gasteiger charge is 2.18. The predicted molar refractivity (Wildman–Crippen MR) is 73.1 cm³/mol. The van der Waals surface area contributed by atoms with Gasteiger partial charge < -0.3 is 10.1 Å². The lowest BCUT2D eigenvalue weighted by atomic mass is 9.90. The van der Waals surface area contributed by atoms with Crippen LogP contribution >= 0.6 is 0 Å². The van der Waals surface area contributed by atoms with Gasteiger partial charge in [-0.25, -0.2) is 4.99 Å². The topological polar surface area (TPSA) is 33.6 Å². The highest BCUT2D eigenvalue weighted by atomic mass is 16.5. The fraction of sp³-hybridized carbons (Fsp3) is 0.533. The Bertz CT molecular complexity index is 436. The molecule has 0 bridgehead atoms. The minimum Gasteiger partial charge on any atom is -0.476 e. The number of piperidine rings is 1. The van der Waals surface area contributed by atoms with Crippen molar-refractivity contribution in [3.8, 4) is 0 Å². The molecule has 18 heavy (non-hydrogen) atoms. The molecule has 1 fully saturated rings. The molecule has 2 aliphatic rings. The summed E-state index contributed by atoms with van der Waals surface area (Å²) in [6.07, 6.45) is 3.75. The van der Waals surface area contributed by atoms with Crippen LogP contribution in [0.3, 0.4) is 0 Å². The summed E-state index contributed by atoms with van der Waals surface area (Å²) in [4.78, 5) is 4.44. The Morgan fingerprint density at radius 1 is 1.33 bits per heavy atom. The van der Waals surface area contributed by atoms with Crippen molar-refractivity contribution in [1.82, 2.24) is 5.32 Å². The number of aliphatic imine (C=N–C) groups is 1. The summed E-state index contributed by atoms with van der Waals surface area (Å²) in [7, 11) is 0. The van der Waals surface area contributed by atoms with Crippen molar-refractivity contribution in [2.24, 2.45) is 10.9 Å². The lowest BCUT2D eigenvalue weighted by molar-refractivity contribution is 0.347. The van der Waals surface area contributed by atoms with E-state index in [0.717, 1.165) is 37.9 Å². The van der Waals surface area contributed by atoms with Gasteiger partial charge in [-0.05, 0) is 49.9 Å². The van der Waals surface area contributed by atoms with Crippen LogP contribution in [0.2, 0.25) is 0 Å². The molecule has 0 aliphatic carbocycles. The Kier molecular flexibility index (Phi) is 3.60. The van der Waals surface area contributed by atoms with E-state index in [-0.39, 0.29) is 0 Å². The van der Waals surface area contributed by atoms with Crippen molar-refractivity contribution >= 4 is 5.90 Å². The molecule has 2 heterocycles. The van der Waals surface area contributed by atoms with Gasteiger partial charge in [-0.1, -0.05) is 18.2 Å². The molecule has 0 spiro atoms. The van der Waals surface area contributed by atoms with Gasteiger partial charge in [-0.2, -0.15) is 0 Å². The molecule has 3 rings (SSSR count). The molecule has 1 N–H and O–H groups in total. The second-order valence-electron chi connectivity index (χ2n) is 5.11. The molecule has 3 nitrogen and oxygen atoms in total. The summed E-state index contributed by atoms with van der Waals surface area (Å²) in [5.74, 6) is 1.59. The van der Waals surface area contributed by atoms with Crippen molar-refractivity contribution < 1.29 is 4.74 Å². The maximum Gasteiger partial charge on any atom is 0.216 e. The standard InChI is InChI=1S/C15H20N2O/c1-2-6-14(15-17-8-9-18-15)13(5-1)10-12-4-3-7-16-11-12/h1-2,5-6,12,16H,3-4,7-11H2. The van der Waals surface area contributed by atoms with Gasteiger partial charge in [0.05, 0.1) is 6.54 Å². The van der Waals surface area contributed by atoms with Gasteiger partial charge in [-0.15, -0.1) is 0 Å². The normalized spacial score (nSPS) is 23.6. The molecule has 1 unspecified atom stereocenters. The molecule has 3 heteroatoms. The number of hydrogen-bond donors (Lipinski definition) is 1. The van der Waals surface area contributed by atoms with Gasteiger partial charge in [0.25, 0.3) is 0 Å². The number of benzene rings is 1. The van der Waals surface area contributed by atoms with Gasteiger partial charge >= 0.3 is 0 Å². The minimum atomic E-state index is 0.731. The average molecular weight is 244 g/mol. The van der Waals surface area contributed by atoms with E-state index >= 15 is 0 Å². The van der Waals surface area contributed by atoms with Crippen LogP contribution in [0.15, 0.2) is 29.3 Å². The van der Waals surface area contributed by atoms with Crippen molar-refractivity contribution in [1.29, 1.82) is 0 Å². The van der Waals surface area contributed by atoms with E-state index in [2.05, 4.69) is 34.6 Å². The van der Waals surface area contributed by atoms with Crippen LogP contribution in [-0.2, 0) is 11.2 Å². The van der Waals surface area contributed by atoms with Gasteiger partial charge in [0.15, 0.2) is 0 Å². The SMILES string of the molecule is c1ccc(C2=NCCO2)c(CC2CCCNC2)c1. The Morgan fingerprint density at radius 2 is 2.28 bits per heavy atom. The van der Waals surface area contributed by atoms with Crippen LogP contribution in [0.1, 0.15) is 24.0 Å². The zero-order valence-electron chi connectivity index (χ0n) is 10.7. The first-order chi connectivity index (χ1) is 8.93. The number of nitrogens with one attached hydrogen (secondary N) is 1. The Morgan fingerprint density at radius 3 is 3.06 bits per heavy atom. The summed E-state index contributed by atoms with van der Waals surface area (Å²) in [5.41, 5.74) is 2.58. The van der Waals surface area contributed by atoms with E-state index in [1.165, 1.54) is 30.5 Å². The molecule has 1 aromatic carbocycles. The van der Waals surface area contributed by atoms with Crippen LogP contribution in [0, 0.1) is 5.92 Å². The molecular weight excluding hydrogens is 224 g/mol. The van der Waals surface area contributed by atoms with Crippen LogP contribution in [0.4, 0.5) is 0 Å². The van der Waals surface area contributed by atoms with E-state index in [1.54, 1.807) is 0 Å². The molecule has 1 saturated heterocycles. The molecule has 1 aromatic rings. The van der Waals surface area contributed by atoms with E-state index in [9.17, 15) is 0 Å². The molecule has 0 aromatic heterocycles. The van der Waals surface area contributed by atoms with Crippen LogP contribution in [-0.4, -0.2) is 32.1 Å². The van der Waals surface area contributed by atoms with Crippen LogP contribution in [0.5, 0.6) is 0 Å². The predicted octanol–water partition coefficient (Wildman–Crippen LogP) is 2.01. The van der Waals surface area contributed by atoms with E-state index in [0.29, 0.717) is 0 Å². The Hall–Kier alpha value is -1.35. The molecule has 2 aliphatic heterocycles. The number of ether oxygens (including phenoxy) is 1. The van der Waals surface area contributed by atoms with E-state index in [1.807, 2.05) is 0 Å². The molecular formula is C15H20N2O.